The lowest BCUT2D eigenvalue weighted by atomic mass is 9.89. The standard InChI is InChI=1S/C20H25N3O3/c1-5-13(3)16-11-15(12-17(20(16)24)14(4)6-2)21-22-18-9-7-8-10-19(18)23(25)26/h7-14,24H,5-6H2,1-4H3/b22-21+. The number of para-hydroxylation sites is 1. The van der Waals surface area contributed by atoms with Gasteiger partial charge in [0.1, 0.15) is 5.75 Å². The van der Waals surface area contributed by atoms with Crippen molar-refractivity contribution in [2.75, 3.05) is 0 Å². The normalized spacial score (nSPS) is 13.7. The average Bonchev–Trinajstić information content (AvgIpc) is 2.65. The molecule has 0 saturated carbocycles. The van der Waals surface area contributed by atoms with Gasteiger partial charge in [-0.25, -0.2) is 0 Å². The van der Waals surface area contributed by atoms with Crippen molar-refractivity contribution in [3.05, 3.63) is 57.6 Å². The van der Waals surface area contributed by atoms with Gasteiger partial charge in [0.15, 0.2) is 5.69 Å². The van der Waals surface area contributed by atoms with E-state index in [4.69, 9.17) is 0 Å². The van der Waals surface area contributed by atoms with Crippen LogP contribution in [0.5, 0.6) is 5.75 Å². The van der Waals surface area contributed by atoms with Gasteiger partial charge in [0.05, 0.1) is 10.6 Å². The first-order valence-electron chi connectivity index (χ1n) is 8.90. The van der Waals surface area contributed by atoms with E-state index in [9.17, 15) is 15.2 Å². The summed E-state index contributed by atoms with van der Waals surface area (Å²) in [6.07, 6.45) is 1.77. The number of phenols is 1. The molecule has 6 nitrogen and oxygen atoms in total. The molecule has 0 fully saturated rings. The molecule has 2 aromatic rings. The number of nitro benzene ring substituents is 1. The number of nitro groups is 1. The van der Waals surface area contributed by atoms with Crippen LogP contribution in [-0.2, 0) is 0 Å². The monoisotopic (exact) mass is 355 g/mol. The third kappa shape index (κ3) is 4.25. The summed E-state index contributed by atoms with van der Waals surface area (Å²) in [5.41, 5.74) is 2.38. The number of hydrogen-bond donors (Lipinski definition) is 1. The van der Waals surface area contributed by atoms with Crippen LogP contribution < -0.4 is 0 Å². The van der Waals surface area contributed by atoms with E-state index in [1.54, 1.807) is 18.2 Å². The van der Waals surface area contributed by atoms with Crippen molar-refractivity contribution in [1.29, 1.82) is 0 Å². The number of benzene rings is 2. The zero-order chi connectivity index (χ0) is 19.3. The molecule has 2 aromatic carbocycles. The van der Waals surface area contributed by atoms with Crippen LogP contribution in [0.25, 0.3) is 0 Å². The first-order chi connectivity index (χ1) is 12.4. The molecule has 0 aromatic heterocycles. The minimum absolute atomic E-state index is 0.0840. The van der Waals surface area contributed by atoms with Gasteiger partial charge in [0.2, 0.25) is 0 Å². The van der Waals surface area contributed by atoms with Gasteiger partial charge >= 0.3 is 0 Å². The number of azo groups is 1. The summed E-state index contributed by atoms with van der Waals surface area (Å²) in [5, 5.41) is 30.1. The Morgan fingerprint density at radius 3 is 2.08 bits per heavy atom. The van der Waals surface area contributed by atoms with Crippen molar-refractivity contribution >= 4 is 17.1 Å². The van der Waals surface area contributed by atoms with Crippen LogP contribution in [0.1, 0.15) is 63.5 Å². The Bertz CT molecular complexity index is 787. The molecule has 2 rings (SSSR count). The minimum atomic E-state index is -0.472. The SMILES string of the molecule is CCC(C)c1cc(/N=N/c2ccccc2[N+](=O)[O-])cc(C(C)CC)c1O. The molecule has 0 bridgehead atoms. The minimum Gasteiger partial charge on any atom is -0.507 e. The highest BCUT2D eigenvalue weighted by Gasteiger charge is 2.18. The predicted octanol–water partition coefficient (Wildman–Crippen LogP) is 6.74. The summed E-state index contributed by atoms with van der Waals surface area (Å²) >= 11 is 0. The van der Waals surface area contributed by atoms with Crippen molar-refractivity contribution in [3.8, 4) is 5.75 Å². The van der Waals surface area contributed by atoms with Crippen molar-refractivity contribution in [2.24, 2.45) is 10.2 Å². The quantitative estimate of drug-likeness (QED) is 0.339. The molecular weight excluding hydrogens is 330 g/mol. The Kier molecular flexibility index (Phi) is 6.44. The summed E-state index contributed by atoms with van der Waals surface area (Å²) in [6, 6.07) is 9.88. The first kappa shape index (κ1) is 19.6. The summed E-state index contributed by atoms with van der Waals surface area (Å²) in [4.78, 5) is 10.6. The molecule has 2 atom stereocenters. The van der Waals surface area contributed by atoms with Crippen molar-refractivity contribution in [1.82, 2.24) is 0 Å². The largest absolute Gasteiger partial charge is 0.507 e. The van der Waals surface area contributed by atoms with Gasteiger partial charge in [-0.05, 0) is 54.0 Å². The van der Waals surface area contributed by atoms with E-state index in [-0.39, 0.29) is 23.2 Å². The van der Waals surface area contributed by atoms with E-state index in [1.165, 1.54) is 6.07 Å². The Hall–Kier alpha value is -2.76. The number of hydrogen-bond acceptors (Lipinski definition) is 5. The Labute approximate surface area is 153 Å². The second-order valence-electron chi connectivity index (χ2n) is 6.54. The van der Waals surface area contributed by atoms with Crippen LogP contribution in [-0.4, -0.2) is 10.0 Å². The highest BCUT2D eigenvalue weighted by atomic mass is 16.6. The predicted molar refractivity (Wildman–Crippen MR) is 103 cm³/mol. The maximum absolute atomic E-state index is 11.1. The van der Waals surface area contributed by atoms with E-state index in [0.29, 0.717) is 11.4 Å². The van der Waals surface area contributed by atoms with Crippen molar-refractivity contribution in [3.63, 3.8) is 0 Å². The fourth-order valence-corrected chi connectivity index (χ4v) is 2.73. The molecule has 0 radical (unpaired) electrons. The maximum Gasteiger partial charge on any atom is 0.296 e. The Balaban J connectivity index is 2.51. The molecule has 6 heteroatoms. The Morgan fingerprint density at radius 2 is 1.58 bits per heavy atom. The number of aromatic hydroxyl groups is 1. The molecule has 0 aliphatic rings. The van der Waals surface area contributed by atoms with Gasteiger partial charge in [-0.1, -0.05) is 39.8 Å². The van der Waals surface area contributed by atoms with Crippen molar-refractivity contribution < 1.29 is 10.0 Å². The molecule has 0 aliphatic carbocycles. The number of rotatable bonds is 7. The van der Waals surface area contributed by atoms with Crippen LogP contribution in [0.2, 0.25) is 0 Å². The van der Waals surface area contributed by atoms with E-state index >= 15 is 0 Å². The fourth-order valence-electron chi connectivity index (χ4n) is 2.73. The lowest BCUT2D eigenvalue weighted by Crippen LogP contribution is -1.98. The van der Waals surface area contributed by atoms with Crippen LogP contribution in [0.15, 0.2) is 46.6 Å². The topological polar surface area (TPSA) is 88.1 Å². The smallest absolute Gasteiger partial charge is 0.296 e. The van der Waals surface area contributed by atoms with Gasteiger partial charge in [-0.2, -0.15) is 5.11 Å². The van der Waals surface area contributed by atoms with Crippen LogP contribution in [0.3, 0.4) is 0 Å². The zero-order valence-electron chi connectivity index (χ0n) is 15.6. The summed E-state index contributed by atoms with van der Waals surface area (Å²) in [6.45, 7) is 8.24. The second-order valence-corrected chi connectivity index (χ2v) is 6.54. The number of nitrogens with zero attached hydrogens (tertiary/aromatic N) is 3. The van der Waals surface area contributed by atoms with E-state index in [2.05, 4.69) is 37.9 Å². The van der Waals surface area contributed by atoms with Gasteiger partial charge in [-0.3, -0.25) is 10.1 Å². The number of phenolic OH excluding ortho intramolecular Hbond substituents is 1. The molecule has 0 heterocycles. The highest BCUT2D eigenvalue weighted by molar-refractivity contribution is 5.58. The molecule has 0 amide bonds. The fraction of sp³-hybridized carbons (Fsp3) is 0.400. The molecule has 138 valence electrons. The molecule has 26 heavy (non-hydrogen) atoms. The first-order valence-corrected chi connectivity index (χ1v) is 8.90. The molecule has 0 aliphatic heterocycles. The summed E-state index contributed by atoms with van der Waals surface area (Å²) < 4.78 is 0. The molecule has 0 saturated heterocycles. The third-order valence-electron chi connectivity index (χ3n) is 4.79. The zero-order valence-corrected chi connectivity index (χ0v) is 15.6. The van der Waals surface area contributed by atoms with Crippen LogP contribution in [0, 0.1) is 10.1 Å². The highest BCUT2D eigenvalue weighted by Crippen LogP contribution is 2.40. The molecular formula is C20H25N3O3. The molecule has 2 unspecified atom stereocenters. The third-order valence-corrected chi connectivity index (χ3v) is 4.79. The summed E-state index contributed by atoms with van der Waals surface area (Å²) in [7, 11) is 0. The van der Waals surface area contributed by atoms with Crippen LogP contribution in [0.4, 0.5) is 17.1 Å². The Morgan fingerprint density at radius 1 is 1.04 bits per heavy atom. The molecule has 1 N–H and O–H groups in total. The summed E-state index contributed by atoms with van der Waals surface area (Å²) in [5.74, 6) is 0.677. The van der Waals surface area contributed by atoms with E-state index in [0.717, 1.165) is 24.0 Å². The van der Waals surface area contributed by atoms with Gasteiger partial charge < -0.3 is 5.11 Å². The van der Waals surface area contributed by atoms with Crippen molar-refractivity contribution in [2.45, 2.75) is 52.4 Å². The lowest BCUT2D eigenvalue weighted by molar-refractivity contribution is -0.384. The van der Waals surface area contributed by atoms with Gasteiger partial charge in [-0.15, -0.1) is 5.11 Å². The average molecular weight is 355 g/mol. The van der Waals surface area contributed by atoms with Gasteiger partial charge in [0, 0.05) is 6.07 Å². The van der Waals surface area contributed by atoms with E-state index in [1.807, 2.05) is 12.1 Å². The molecule has 0 spiro atoms. The second kappa shape index (κ2) is 8.56. The van der Waals surface area contributed by atoms with Crippen LogP contribution >= 0.6 is 0 Å². The van der Waals surface area contributed by atoms with Gasteiger partial charge in [0.25, 0.3) is 5.69 Å². The lowest BCUT2D eigenvalue weighted by Gasteiger charge is -2.18. The maximum atomic E-state index is 11.1. The van der Waals surface area contributed by atoms with E-state index < -0.39 is 4.92 Å².